The molecule has 1 amide bonds. The first-order chi connectivity index (χ1) is 11.4. The second-order valence-electron chi connectivity index (χ2n) is 8.09. The van der Waals surface area contributed by atoms with Crippen LogP contribution in [0.5, 0.6) is 0 Å². The molecule has 134 valence electrons. The van der Waals surface area contributed by atoms with E-state index in [-0.39, 0.29) is 11.6 Å². The zero-order chi connectivity index (χ0) is 17.2. The van der Waals surface area contributed by atoms with Crippen LogP contribution in [0.25, 0.3) is 0 Å². The van der Waals surface area contributed by atoms with E-state index >= 15 is 0 Å². The average molecular weight is 335 g/mol. The number of nitrogens with zero attached hydrogens (tertiary/aromatic N) is 3. The maximum atomic E-state index is 12.1. The lowest BCUT2D eigenvalue weighted by Crippen LogP contribution is -2.42. The molecule has 7 nitrogen and oxygen atoms in total. The Morgan fingerprint density at radius 2 is 2.17 bits per heavy atom. The lowest BCUT2D eigenvalue weighted by molar-refractivity contribution is 0.0181. The molecule has 0 radical (unpaired) electrons. The van der Waals surface area contributed by atoms with Gasteiger partial charge in [0.1, 0.15) is 5.60 Å². The van der Waals surface area contributed by atoms with Crippen molar-refractivity contribution >= 4 is 6.09 Å². The van der Waals surface area contributed by atoms with Crippen molar-refractivity contribution in [3.8, 4) is 0 Å². The minimum Gasteiger partial charge on any atom is -0.444 e. The first-order valence-electron chi connectivity index (χ1n) is 8.94. The van der Waals surface area contributed by atoms with Crippen LogP contribution < -0.4 is 10.7 Å². The van der Waals surface area contributed by atoms with Gasteiger partial charge in [-0.3, -0.25) is 5.43 Å². The van der Waals surface area contributed by atoms with Crippen molar-refractivity contribution in [2.75, 3.05) is 19.6 Å². The fraction of sp³-hybridized carbons (Fsp3) is 0.824. The van der Waals surface area contributed by atoms with Crippen LogP contribution in [0.15, 0.2) is 22.6 Å². The highest BCUT2D eigenvalue weighted by molar-refractivity contribution is 5.68. The lowest BCUT2D eigenvalue weighted by Gasteiger charge is -2.33. The zero-order valence-electron chi connectivity index (χ0n) is 14.9. The number of likely N-dealkylation sites (tertiary alicyclic amines) is 1. The van der Waals surface area contributed by atoms with Crippen molar-refractivity contribution in [3.05, 3.63) is 12.3 Å². The Morgan fingerprint density at radius 3 is 2.79 bits per heavy atom. The Kier molecular flexibility index (Phi) is 4.80. The third-order valence-corrected chi connectivity index (χ3v) is 4.97. The molecule has 1 aliphatic carbocycles. The maximum absolute atomic E-state index is 12.1. The summed E-state index contributed by atoms with van der Waals surface area (Å²) in [5.74, 6) is 0.681. The molecule has 2 aliphatic heterocycles. The fourth-order valence-corrected chi connectivity index (χ4v) is 3.39. The molecular weight excluding hydrogens is 306 g/mol. The van der Waals surface area contributed by atoms with Gasteiger partial charge in [0.25, 0.3) is 0 Å². The van der Waals surface area contributed by atoms with Crippen LogP contribution in [-0.2, 0) is 4.74 Å². The normalized spacial score (nSPS) is 29.6. The minimum atomic E-state index is -0.417. The molecule has 0 bridgehead atoms. The van der Waals surface area contributed by atoms with Gasteiger partial charge in [-0.25, -0.2) is 4.79 Å². The van der Waals surface area contributed by atoms with Gasteiger partial charge in [-0.2, -0.15) is 0 Å². The topological polar surface area (TPSA) is 78.3 Å². The summed E-state index contributed by atoms with van der Waals surface area (Å²) < 4.78 is 5.44. The van der Waals surface area contributed by atoms with Gasteiger partial charge >= 0.3 is 6.09 Å². The second kappa shape index (κ2) is 6.70. The fourth-order valence-electron chi connectivity index (χ4n) is 3.39. The number of hydrogen-bond acceptors (Lipinski definition) is 6. The number of carbonyl (C=O) groups is 1. The van der Waals surface area contributed by atoms with E-state index in [1.807, 2.05) is 25.7 Å². The number of nitrogens with one attached hydrogen (secondary N) is 2. The van der Waals surface area contributed by atoms with Crippen LogP contribution >= 0.6 is 0 Å². The molecule has 1 spiro atoms. The number of rotatable bonds is 4. The molecule has 3 rings (SSSR count). The molecule has 1 saturated heterocycles. The standard InChI is InChI=1S/C17H29N5O2/c1-16(2,3)24-15(23)22-10-5-13(6-11-22)4-8-18-14-12-17(14)7-9-19-21-20-17/h7,9,13-14,18H,4-6,8,10-12H2,1-3H3,(H,19,20)/t14-,17-/m1/s1. The summed E-state index contributed by atoms with van der Waals surface area (Å²) in [4.78, 5) is 13.9. The first kappa shape index (κ1) is 17.2. The lowest BCUT2D eigenvalue weighted by atomic mass is 9.94. The quantitative estimate of drug-likeness (QED) is 0.828. The highest BCUT2D eigenvalue weighted by Gasteiger charge is 2.53. The van der Waals surface area contributed by atoms with Crippen LogP contribution in [0.1, 0.15) is 46.5 Å². The minimum absolute atomic E-state index is 0.00181. The molecule has 0 unspecified atom stereocenters. The van der Waals surface area contributed by atoms with E-state index in [1.54, 1.807) is 6.20 Å². The highest BCUT2D eigenvalue weighted by atomic mass is 16.6. The molecule has 0 aromatic heterocycles. The van der Waals surface area contributed by atoms with E-state index in [0.29, 0.717) is 12.0 Å². The molecule has 2 N–H and O–H groups in total. The molecular formula is C17H29N5O2. The number of ether oxygens (including phenoxy) is 1. The van der Waals surface area contributed by atoms with E-state index in [2.05, 4.69) is 27.2 Å². The van der Waals surface area contributed by atoms with E-state index in [1.165, 1.54) is 0 Å². The van der Waals surface area contributed by atoms with E-state index in [4.69, 9.17) is 4.74 Å². The van der Waals surface area contributed by atoms with Crippen molar-refractivity contribution in [2.45, 2.75) is 63.6 Å². The number of piperidine rings is 1. The summed E-state index contributed by atoms with van der Waals surface area (Å²) in [5, 5.41) is 11.3. The molecule has 2 atom stereocenters. The van der Waals surface area contributed by atoms with E-state index in [0.717, 1.165) is 45.3 Å². The van der Waals surface area contributed by atoms with Crippen LogP contribution in [0, 0.1) is 5.92 Å². The molecule has 2 fully saturated rings. The molecule has 1 saturated carbocycles. The summed E-state index contributed by atoms with van der Waals surface area (Å²) in [6.07, 6.45) is 8.02. The highest BCUT2D eigenvalue weighted by Crippen LogP contribution is 2.39. The summed E-state index contributed by atoms with van der Waals surface area (Å²) in [6.45, 7) is 8.34. The Balaban J connectivity index is 1.31. The smallest absolute Gasteiger partial charge is 0.410 e. The second-order valence-corrected chi connectivity index (χ2v) is 8.09. The molecule has 7 heteroatoms. The van der Waals surface area contributed by atoms with Crippen LogP contribution in [0.4, 0.5) is 4.79 Å². The van der Waals surface area contributed by atoms with Gasteiger partial charge in [0.15, 0.2) is 0 Å². The van der Waals surface area contributed by atoms with E-state index < -0.39 is 5.60 Å². The molecule has 24 heavy (non-hydrogen) atoms. The van der Waals surface area contributed by atoms with Gasteiger partial charge in [-0.15, -0.1) is 5.11 Å². The number of hydrogen-bond donors (Lipinski definition) is 2. The van der Waals surface area contributed by atoms with Gasteiger partial charge < -0.3 is 15.0 Å². The van der Waals surface area contributed by atoms with Gasteiger partial charge in [0, 0.05) is 25.3 Å². The van der Waals surface area contributed by atoms with Gasteiger partial charge in [0.05, 0.1) is 5.54 Å². The van der Waals surface area contributed by atoms with Crippen molar-refractivity contribution in [1.82, 2.24) is 15.6 Å². The van der Waals surface area contributed by atoms with Gasteiger partial charge in [0.2, 0.25) is 0 Å². The Labute approximate surface area is 143 Å². The predicted octanol–water partition coefficient (Wildman–Crippen LogP) is 2.61. The van der Waals surface area contributed by atoms with Gasteiger partial charge in [-0.1, -0.05) is 5.22 Å². The first-order valence-corrected chi connectivity index (χ1v) is 8.94. The molecule has 3 aliphatic rings. The average Bonchev–Trinajstić information content (AvgIpc) is 3.18. The largest absolute Gasteiger partial charge is 0.444 e. The van der Waals surface area contributed by atoms with Crippen LogP contribution in [0.3, 0.4) is 0 Å². The third-order valence-electron chi connectivity index (χ3n) is 4.97. The SMILES string of the molecule is CC(C)(C)OC(=O)N1CCC(CCN[C@@H]2C[C@]23C=CN=NN3)CC1. The Hall–Kier alpha value is -1.63. The van der Waals surface area contributed by atoms with Crippen LogP contribution in [-0.4, -0.2) is 47.8 Å². The maximum Gasteiger partial charge on any atom is 0.410 e. The molecule has 2 heterocycles. The summed E-state index contributed by atoms with van der Waals surface area (Å²) in [7, 11) is 0. The van der Waals surface area contributed by atoms with Gasteiger partial charge in [-0.05, 0) is 65.0 Å². The zero-order valence-corrected chi connectivity index (χ0v) is 14.9. The predicted molar refractivity (Wildman–Crippen MR) is 91.4 cm³/mol. The summed E-state index contributed by atoms with van der Waals surface area (Å²) in [6, 6.07) is 0.454. The molecule has 0 aromatic carbocycles. The third kappa shape index (κ3) is 4.26. The van der Waals surface area contributed by atoms with Crippen molar-refractivity contribution < 1.29 is 9.53 Å². The molecule has 0 aromatic rings. The van der Waals surface area contributed by atoms with E-state index in [9.17, 15) is 4.79 Å². The summed E-state index contributed by atoms with van der Waals surface area (Å²) in [5.41, 5.74) is 2.68. The number of carbonyl (C=O) groups excluding carboxylic acids is 1. The van der Waals surface area contributed by atoms with Crippen molar-refractivity contribution in [3.63, 3.8) is 0 Å². The van der Waals surface area contributed by atoms with Crippen molar-refractivity contribution in [2.24, 2.45) is 16.3 Å². The Morgan fingerprint density at radius 1 is 1.42 bits per heavy atom. The number of amides is 1. The van der Waals surface area contributed by atoms with Crippen molar-refractivity contribution in [1.29, 1.82) is 0 Å². The monoisotopic (exact) mass is 335 g/mol. The van der Waals surface area contributed by atoms with Crippen LogP contribution in [0.2, 0.25) is 0 Å². The summed E-state index contributed by atoms with van der Waals surface area (Å²) >= 11 is 0. The Bertz CT molecular complexity index is 520.